The first-order valence-corrected chi connectivity index (χ1v) is 6.69. The van der Waals surface area contributed by atoms with Crippen LogP contribution >= 0.6 is 0 Å². The number of hydrogen-bond donors (Lipinski definition) is 2. The Morgan fingerprint density at radius 3 is 2.42 bits per heavy atom. The lowest BCUT2D eigenvalue weighted by molar-refractivity contribution is -0.383. The average molecular weight is 326 g/mol. The Hall–Kier alpha value is -3.73. The maximum atomic E-state index is 13.5. The number of nitriles is 1. The van der Waals surface area contributed by atoms with Gasteiger partial charge in [0.2, 0.25) is 0 Å². The molecule has 24 heavy (non-hydrogen) atoms. The molecule has 0 aromatic heterocycles. The second-order valence-electron chi connectivity index (χ2n) is 4.52. The maximum absolute atomic E-state index is 13.5. The van der Waals surface area contributed by atoms with Crippen molar-refractivity contribution in [3.8, 4) is 6.07 Å². The van der Waals surface area contributed by atoms with E-state index in [1.54, 1.807) is 12.1 Å². The molecule has 2 aromatic rings. The van der Waals surface area contributed by atoms with E-state index >= 15 is 0 Å². The van der Waals surface area contributed by atoms with Crippen molar-refractivity contribution in [2.75, 3.05) is 10.6 Å². The van der Waals surface area contributed by atoms with Crippen LogP contribution in [0.2, 0.25) is 0 Å². The van der Waals surface area contributed by atoms with Crippen LogP contribution in [0.5, 0.6) is 0 Å². The number of benzene rings is 2. The number of amides is 1. The van der Waals surface area contributed by atoms with E-state index in [1.165, 1.54) is 42.5 Å². The van der Waals surface area contributed by atoms with Crippen LogP contribution in [0.25, 0.3) is 0 Å². The topological polar surface area (TPSA) is 108 Å². The molecular weight excluding hydrogens is 315 g/mol. The molecule has 2 aromatic carbocycles. The van der Waals surface area contributed by atoms with Gasteiger partial charge in [0.05, 0.1) is 10.6 Å². The first-order valence-electron chi connectivity index (χ1n) is 6.69. The summed E-state index contributed by atoms with van der Waals surface area (Å²) in [5, 5.41) is 24.8. The molecule has 0 fully saturated rings. The molecule has 0 saturated heterocycles. The Kier molecular flexibility index (Phi) is 5.20. The molecule has 7 nitrogen and oxygen atoms in total. The van der Waals surface area contributed by atoms with E-state index < -0.39 is 16.6 Å². The fraction of sp³-hybridized carbons (Fsp3) is 0. The Labute approximate surface area is 136 Å². The zero-order chi connectivity index (χ0) is 17.5. The Morgan fingerprint density at radius 2 is 1.79 bits per heavy atom. The van der Waals surface area contributed by atoms with Crippen molar-refractivity contribution in [3.63, 3.8) is 0 Å². The highest BCUT2D eigenvalue weighted by molar-refractivity contribution is 6.07. The number of para-hydroxylation sites is 3. The number of anilines is 2. The summed E-state index contributed by atoms with van der Waals surface area (Å²) < 4.78 is 13.5. The van der Waals surface area contributed by atoms with Crippen molar-refractivity contribution in [1.82, 2.24) is 0 Å². The molecule has 2 N–H and O–H groups in total. The maximum Gasteiger partial charge on any atom is 0.292 e. The molecule has 0 aliphatic rings. The van der Waals surface area contributed by atoms with Crippen LogP contribution in [-0.4, -0.2) is 10.8 Å². The van der Waals surface area contributed by atoms with E-state index in [0.29, 0.717) is 0 Å². The summed E-state index contributed by atoms with van der Waals surface area (Å²) >= 11 is 0. The van der Waals surface area contributed by atoms with Crippen molar-refractivity contribution >= 4 is 23.0 Å². The van der Waals surface area contributed by atoms with E-state index in [0.717, 1.165) is 6.20 Å². The van der Waals surface area contributed by atoms with Gasteiger partial charge < -0.3 is 10.6 Å². The van der Waals surface area contributed by atoms with Gasteiger partial charge in [-0.05, 0) is 18.2 Å². The predicted molar refractivity (Wildman–Crippen MR) is 85.4 cm³/mol. The number of carbonyl (C=O) groups excluding carboxylic acids is 1. The molecule has 0 unspecified atom stereocenters. The zero-order valence-corrected chi connectivity index (χ0v) is 12.2. The van der Waals surface area contributed by atoms with Crippen LogP contribution in [-0.2, 0) is 4.79 Å². The fourth-order valence-electron chi connectivity index (χ4n) is 1.80. The summed E-state index contributed by atoms with van der Waals surface area (Å²) in [4.78, 5) is 22.3. The third-order valence-electron chi connectivity index (χ3n) is 2.96. The molecule has 0 bridgehead atoms. The molecule has 120 valence electrons. The molecule has 0 saturated carbocycles. The largest absolute Gasteiger partial charge is 0.358 e. The zero-order valence-electron chi connectivity index (χ0n) is 12.2. The van der Waals surface area contributed by atoms with Gasteiger partial charge in [0.25, 0.3) is 11.6 Å². The number of nitro groups is 1. The number of nitro benzene ring substituents is 1. The van der Waals surface area contributed by atoms with Gasteiger partial charge in [0, 0.05) is 12.3 Å². The number of nitrogens with one attached hydrogen (secondary N) is 2. The van der Waals surface area contributed by atoms with Crippen LogP contribution < -0.4 is 10.6 Å². The molecular formula is C16H11FN4O3. The second-order valence-corrected chi connectivity index (χ2v) is 4.52. The third kappa shape index (κ3) is 3.92. The molecule has 2 rings (SSSR count). The summed E-state index contributed by atoms with van der Waals surface area (Å²) in [7, 11) is 0. The van der Waals surface area contributed by atoms with E-state index in [1.807, 2.05) is 0 Å². The van der Waals surface area contributed by atoms with Gasteiger partial charge in [0.15, 0.2) is 0 Å². The van der Waals surface area contributed by atoms with Crippen LogP contribution in [0.4, 0.5) is 21.5 Å². The smallest absolute Gasteiger partial charge is 0.292 e. The third-order valence-corrected chi connectivity index (χ3v) is 2.96. The molecule has 8 heteroatoms. The average Bonchev–Trinajstić information content (AvgIpc) is 2.57. The number of halogens is 1. The monoisotopic (exact) mass is 326 g/mol. The van der Waals surface area contributed by atoms with Crippen molar-refractivity contribution in [3.05, 3.63) is 76.2 Å². The van der Waals surface area contributed by atoms with Crippen LogP contribution in [0, 0.1) is 27.3 Å². The first kappa shape index (κ1) is 16.6. The van der Waals surface area contributed by atoms with Gasteiger partial charge >= 0.3 is 0 Å². The normalized spacial score (nSPS) is 10.6. The van der Waals surface area contributed by atoms with Gasteiger partial charge in [-0.3, -0.25) is 14.9 Å². The minimum absolute atomic E-state index is 0.0421. The van der Waals surface area contributed by atoms with Crippen molar-refractivity contribution in [1.29, 1.82) is 5.26 Å². The lowest BCUT2D eigenvalue weighted by atomic mass is 10.2. The van der Waals surface area contributed by atoms with Crippen molar-refractivity contribution in [2.45, 2.75) is 0 Å². The Balaban J connectivity index is 2.18. The first-order chi connectivity index (χ1) is 11.5. The number of nitrogens with zero attached hydrogens (tertiary/aromatic N) is 2. The number of rotatable bonds is 5. The molecule has 0 spiro atoms. The van der Waals surface area contributed by atoms with Crippen LogP contribution in [0.1, 0.15) is 0 Å². The predicted octanol–water partition coefficient (Wildman–Crippen LogP) is 3.19. The van der Waals surface area contributed by atoms with Gasteiger partial charge in [-0.15, -0.1) is 0 Å². The highest BCUT2D eigenvalue weighted by Gasteiger charge is 2.17. The quantitative estimate of drug-likeness (QED) is 0.380. The lowest BCUT2D eigenvalue weighted by Crippen LogP contribution is -2.15. The molecule has 1 amide bonds. The second kappa shape index (κ2) is 7.51. The summed E-state index contributed by atoms with van der Waals surface area (Å²) in [5.74, 6) is -1.40. The standard InChI is InChI=1S/C16H11FN4O3/c17-12-5-1-2-6-13(12)19-10-11(9-18)16(22)20-14-7-3-4-8-15(14)21(23)24/h1-8,10,19H,(H,20,22)/b11-10-. The van der Waals surface area contributed by atoms with Gasteiger partial charge in [-0.2, -0.15) is 5.26 Å². The van der Waals surface area contributed by atoms with Crippen molar-refractivity contribution < 1.29 is 14.1 Å². The minimum atomic E-state index is -0.851. The number of hydrogen-bond acceptors (Lipinski definition) is 5. The summed E-state index contributed by atoms with van der Waals surface area (Å²) in [5.41, 5.74) is -0.620. The molecule has 0 heterocycles. The van der Waals surface area contributed by atoms with E-state index in [9.17, 15) is 19.3 Å². The van der Waals surface area contributed by atoms with E-state index in [-0.39, 0.29) is 22.6 Å². The lowest BCUT2D eigenvalue weighted by Gasteiger charge is -2.06. The molecule has 0 aliphatic carbocycles. The van der Waals surface area contributed by atoms with Gasteiger partial charge in [0.1, 0.15) is 23.1 Å². The summed E-state index contributed by atoms with van der Waals surface area (Å²) in [6, 6.07) is 12.9. The fourth-order valence-corrected chi connectivity index (χ4v) is 1.80. The molecule has 0 atom stereocenters. The Bertz CT molecular complexity index is 858. The highest BCUT2D eigenvalue weighted by Crippen LogP contribution is 2.23. The summed E-state index contributed by atoms with van der Waals surface area (Å²) in [6.07, 6.45) is 1.03. The number of carbonyl (C=O) groups is 1. The van der Waals surface area contributed by atoms with Crippen LogP contribution in [0.3, 0.4) is 0 Å². The van der Waals surface area contributed by atoms with Crippen molar-refractivity contribution in [2.24, 2.45) is 0 Å². The minimum Gasteiger partial charge on any atom is -0.358 e. The highest BCUT2D eigenvalue weighted by atomic mass is 19.1. The van der Waals surface area contributed by atoms with Gasteiger partial charge in [-0.25, -0.2) is 4.39 Å². The molecule has 0 aliphatic heterocycles. The van der Waals surface area contributed by atoms with E-state index in [2.05, 4.69) is 10.6 Å². The van der Waals surface area contributed by atoms with Crippen LogP contribution in [0.15, 0.2) is 60.3 Å². The SMILES string of the molecule is N#C/C(=C/Nc1ccccc1F)C(=O)Nc1ccccc1[N+](=O)[O-]. The van der Waals surface area contributed by atoms with E-state index in [4.69, 9.17) is 5.26 Å². The Morgan fingerprint density at radius 1 is 1.17 bits per heavy atom. The molecule has 0 radical (unpaired) electrons. The summed E-state index contributed by atoms with van der Waals surface area (Å²) in [6.45, 7) is 0. The van der Waals surface area contributed by atoms with Gasteiger partial charge in [-0.1, -0.05) is 24.3 Å².